The molecule has 8 heteroatoms. The number of rotatable bonds is 4. The third-order valence-corrected chi connectivity index (χ3v) is 3.45. The number of pyridine rings is 1. The number of aromatic nitrogens is 3. The van der Waals surface area contributed by atoms with Crippen molar-refractivity contribution in [3.63, 3.8) is 0 Å². The Balaban J connectivity index is 0.000000431. The molecule has 3 rings (SSSR count). The second-order valence-electron chi connectivity index (χ2n) is 5.37. The lowest BCUT2D eigenvalue weighted by Gasteiger charge is -2.04. The first-order valence-corrected chi connectivity index (χ1v) is 7.88. The summed E-state index contributed by atoms with van der Waals surface area (Å²) in [5.74, 6) is -0.0939. The van der Waals surface area contributed by atoms with Gasteiger partial charge in [0.05, 0.1) is 25.1 Å². The van der Waals surface area contributed by atoms with Gasteiger partial charge in [0.2, 0.25) is 0 Å². The summed E-state index contributed by atoms with van der Waals surface area (Å²) in [7, 11) is 0. The van der Waals surface area contributed by atoms with Crippen molar-refractivity contribution in [1.29, 1.82) is 0 Å². The number of hydrogen-bond acceptors (Lipinski definition) is 5. The quantitative estimate of drug-likeness (QED) is 0.377. The molecule has 0 atom stereocenters. The molecular weight excluding hydrogens is 335 g/mol. The summed E-state index contributed by atoms with van der Waals surface area (Å²) in [5.41, 5.74) is 12.1. The Morgan fingerprint density at radius 3 is 2.65 bits per heavy atom. The van der Waals surface area contributed by atoms with Crippen molar-refractivity contribution >= 4 is 17.4 Å². The normalized spacial score (nSPS) is 11.5. The van der Waals surface area contributed by atoms with E-state index in [0.717, 1.165) is 17.3 Å². The molecule has 0 saturated heterocycles. The predicted molar refractivity (Wildman–Crippen MR) is 100.0 cm³/mol. The Morgan fingerprint density at radius 1 is 1.27 bits per heavy atom. The van der Waals surface area contributed by atoms with Crippen molar-refractivity contribution in [3.8, 4) is 0 Å². The largest absolute Gasteiger partial charge is 0.511 e. The van der Waals surface area contributed by atoms with E-state index in [1.54, 1.807) is 29.1 Å². The summed E-state index contributed by atoms with van der Waals surface area (Å²) in [6, 6.07) is 10.4. The summed E-state index contributed by atoms with van der Waals surface area (Å²) in [5, 5.41) is 13.5. The molecule has 5 N–H and O–H groups in total. The highest BCUT2D eigenvalue weighted by Gasteiger charge is 2.12. The van der Waals surface area contributed by atoms with Gasteiger partial charge in [0.15, 0.2) is 5.65 Å². The number of aliphatic imine (C=N–C) groups is 1. The maximum Gasteiger partial charge on any atom is 0.158 e. The summed E-state index contributed by atoms with van der Waals surface area (Å²) in [6.07, 6.45) is 4.08. The van der Waals surface area contributed by atoms with E-state index in [2.05, 4.69) is 15.1 Å². The maximum atomic E-state index is 13.8. The minimum Gasteiger partial charge on any atom is -0.511 e. The highest BCUT2D eigenvalue weighted by Crippen LogP contribution is 2.19. The van der Waals surface area contributed by atoms with Crippen LogP contribution in [-0.2, 0) is 13.1 Å². The van der Waals surface area contributed by atoms with Gasteiger partial charge in [0, 0.05) is 23.3 Å². The van der Waals surface area contributed by atoms with Crippen molar-refractivity contribution in [1.82, 2.24) is 14.8 Å². The fourth-order valence-electron chi connectivity index (χ4n) is 2.23. The molecule has 136 valence electrons. The van der Waals surface area contributed by atoms with Gasteiger partial charge in [-0.25, -0.2) is 14.1 Å². The van der Waals surface area contributed by atoms with Crippen LogP contribution < -0.4 is 11.5 Å². The lowest BCUT2D eigenvalue weighted by molar-refractivity contribution is 0.412. The number of halogens is 1. The number of nitrogens with zero attached hydrogens (tertiary/aromatic N) is 4. The standard InChI is InChI=1S/C15H14FN5.C3H7NO/c16-13-6-2-1-4-11(13)9-21-15-12(5-3-7-19-15)14(20-21)8-18-10-17;1-3(5)2-4/h1-7,10H,8-9H2,(H2,17,18);2,5H,4H2,1H3/b;3-2+. The number of nitrogens with two attached hydrogens (primary N) is 2. The van der Waals surface area contributed by atoms with Crippen molar-refractivity contribution in [2.45, 2.75) is 20.0 Å². The summed E-state index contributed by atoms with van der Waals surface area (Å²) >= 11 is 0. The van der Waals surface area contributed by atoms with Crippen LogP contribution in [0.5, 0.6) is 0 Å². The average molecular weight is 356 g/mol. The van der Waals surface area contributed by atoms with E-state index in [9.17, 15) is 4.39 Å². The number of benzene rings is 1. The van der Waals surface area contributed by atoms with Crippen LogP contribution >= 0.6 is 0 Å². The van der Waals surface area contributed by atoms with E-state index < -0.39 is 0 Å². The average Bonchev–Trinajstić information content (AvgIpc) is 3.00. The number of hydrogen-bond donors (Lipinski definition) is 3. The zero-order valence-electron chi connectivity index (χ0n) is 14.4. The molecule has 0 fully saturated rings. The molecule has 0 amide bonds. The Hall–Kier alpha value is -3.42. The van der Waals surface area contributed by atoms with Crippen molar-refractivity contribution < 1.29 is 9.50 Å². The van der Waals surface area contributed by atoms with E-state index in [0.29, 0.717) is 24.3 Å². The third-order valence-electron chi connectivity index (χ3n) is 3.45. The number of fused-ring (bicyclic) bond motifs is 1. The molecule has 0 unspecified atom stereocenters. The molecule has 0 aliphatic carbocycles. The maximum absolute atomic E-state index is 13.8. The van der Waals surface area contributed by atoms with Gasteiger partial charge < -0.3 is 16.6 Å². The molecule has 0 bridgehead atoms. The van der Waals surface area contributed by atoms with Crippen LogP contribution in [-0.4, -0.2) is 26.2 Å². The van der Waals surface area contributed by atoms with E-state index in [1.165, 1.54) is 19.3 Å². The van der Waals surface area contributed by atoms with Crippen LogP contribution in [0.4, 0.5) is 4.39 Å². The Labute approximate surface area is 150 Å². The number of allylic oxidation sites excluding steroid dienone is 1. The van der Waals surface area contributed by atoms with E-state index in [-0.39, 0.29) is 11.6 Å². The number of aliphatic hydroxyl groups excluding tert-OH is 1. The molecule has 1 aromatic carbocycles. The van der Waals surface area contributed by atoms with E-state index >= 15 is 0 Å². The van der Waals surface area contributed by atoms with Gasteiger partial charge in [-0.3, -0.25) is 4.99 Å². The van der Waals surface area contributed by atoms with Gasteiger partial charge in [-0.15, -0.1) is 0 Å². The van der Waals surface area contributed by atoms with E-state index in [4.69, 9.17) is 16.6 Å². The van der Waals surface area contributed by atoms with Crippen LogP contribution in [0.1, 0.15) is 18.2 Å². The highest BCUT2D eigenvalue weighted by atomic mass is 19.1. The Morgan fingerprint density at radius 2 is 2.00 bits per heavy atom. The van der Waals surface area contributed by atoms with E-state index in [1.807, 2.05) is 12.1 Å². The second kappa shape index (κ2) is 9.16. The summed E-state index contributed by atoms with van der Waals surface area (Å²) in [4.78, 5) is 8.34. The van der Waals surface area contributed by atoms with Gasteiger partial charge in [-0.1, -0.05) is 18.2 Å². The van der Waals surface area contributed by atoms with Crippen molar-refractivity contribution in [2.75, 3.05) is 0 Å². The molecule has 0 aliphatic rings. The first kappa shape index (κ1) is 18.9. The SMILES string of the molecule is C/C(O)=C\N.NC=NCc1nn(Cc2ccccc2F)c2ncccc12. The topological polar surface area (TPSA) is 115 Å². The zero-order valence-corrected chi connectivity index (χ0v) is 14.4. The number of aliphatic hydroxyl groups is 1. The third kappa shape index (κ3) is 4.79. The van der Waals surface area contributed by atoms with Gasteiger partial charge in [-0.2, -0.15) is 5.10 Å². The molecule has 0 saturated carbocycles. The summed E-state index contributed by atoms with van der Waals surface area (Å²) < 4.78 is 15.5. The van der Waals surface area contributed by atoms with Gasteiger partial charge in [0.25, 0.3) is 0 Å². The predicted octanol–water partition coefficient (Wildman–Crippen LogP) is 2.47. The Bertz CT molecular complexity index is 915. The minimum absolute atomic E-state index is 0.157. The van der Waals surface area contributed by atoms with Crippen LogP contribution in [0.15, 0.2) is 59.5 Å². The van der Waals surface area contributed by atoms with Crippen molar-refractivity contribution in [2.24, 2.45) is 16.5 Å². The fourth-order valence-corrected chi connectivity index (χ4v) is 2.23. The highest BCUT2D eigenvalue weighted by molar-refractivity contribution is 5.78. The smallest absolute Gasteiger partial charge is 0.158 e. The van der Waals surface area contributed by atoms with Crippen LogP contribution in [0.2, 0.25) is 0 Å². The molecule has 0 spiro atoms. The Kier molecular flexibility index (Phi) is 6.67. The minimum atomic E-state index is -0.251. The van der Waals surface area contributed by atoms with Gasteiger partial charge in [-0.05, 0) is 25.1 Å². The van der Waals surface area contributed by atoms with Crippen molar-refractivity contribution in [3.05, 3.63) is 71.6 Å². The lowest BCUT2D eigenvalue weighted by atomic mass is 10.2. The molecule has 0 radical (unpaired) electrons. The molecule has 2 aromatic heterocycles. The first-order valence-electron chi connectivity index (χ1n) is 7.88. The monoisotopic (exact) mass is 356 g/mol. The van der Waals surface area contributed by atoms with Crippen LogP contribution in [0.25, 0.3) is 11.0 Å². The molecule has 2 heterocycles. The lowest BCUT2D eigenvalue weighted by Crippen LogP contribution is -2.05. The zero-order chi connectivity index (χ0) is 18.9. The molecule has 3 aromatic rings. The summed E-state index contributed by atoms with van der Waals surface area (Å²) in [6.45, 7) is 2.22. The molecular formula is C18H21FN6O. The van der Waals surface area contributed by atoms with Gasteiger partial charge >= 0.3 is 0 Å². The van der Waals surface area contributed by atoms with Gasteiger partial charge in [0.1, 0.15) is 11.6 Å². The first-order chi connectivity index (χ1) is 12.6. The fraction of sp³-hybridized carbons (Fsp3) is 0.167. The van der Waals surface area contributed by atoms with Crippen LogP contribution in [0.3, 0.4) is 0 Å². The molecule has 0 aliphatic heterocycles. The second-order valence-corrected chi connectivity index (χ2v) is 5.37. The molecule has 26 heavy (non-hydrogen) atoms. The van der Waals surface area contributed by atoms with Crippen LogP contribution in [0, 0.1) is 5.82 Å². The molecule has 7 nitrogen and oxygen atoms in total.